The second kappa shape index (κ2) is 9.82. The average Bonchev–Trinajstić information content (AvgIpc) is 3.38. The Bertz CT molecular complexity index is 798. The number of benzene rings is 1. The van der Waals surface area contributed by atoms with Gasteiger partial charge in [-0.2, -0.15) is 0 Å². The van der Waals surface area contributed by atoms with Crippen molar-refractivity contribution in [3.63, 3.8) is 0 Å². The zero-order valence-electron chi connectivity index (χ0n) is 16.5. The van der Waals surface area contributed by atoms with Gasteiger partial charge in [0.1, 0.15) is 11.5 Å². The summed E-state index contributed by atoms with van der Waals surface area (Å²) in [6.45, 7) is 3.89. The molecular formula is C21H28N4O3. The molecule has 1 amide bonds. The van der Waals surface area contributed by atoms with Crippen LogP contribution in [0.1, 0.15) is 29.7 Å². The number of carbonyl (C=O) groups is 1. The van der Waals surface area contributed by atoms with Crippen LogP contribution in [0.5, 0.6) is 5.75 Å². The van der Waals surface area contributed by atoms with Crippen LogP contribution >= 0.6 is 0 Å². The van der Waals surface area contributed by atoms with E-state index in [0.717, 1.165) is 17.9 Å². The van der Waals surface area contributed by atoms with Gasteiger partial charge in [-0.25, -0.2) is 0 Å². The van der Waals surface area contributed by atoms with E-state index in [4.69, 9.17) is 9.15 Å². The number of guanidine groups is 1. The van der Waals surface area contributed by atoms with Crippen LogP contribution in [-0.2, 0) is 17.9 Å². The molecule has 28 heavy (non-hydrogen) atoms. The monoisotopic (exact) mass is 384 g/mol. The first-order chi connectivity index (χ1) is 13.6. The molecule has 0 aliphatic heterocycles. The number of nitrogens with one attached hydrogen (secondary N) is 3. The lowest BCUT2D eigenvalue weighted by molar-refractivity contribution is -0.120. The van der Waals surface area contributed by atoms with Gasteiger partial charge in [-0.1, -0.05) is 12.1 Å². The van der Waals surface area contributed by atoms with Gasteiger partial charge >= 0.3 is 0 Å². The first-order valence-electron chi connectivity index (χ1n) is 9.60. The van der Waals surface area contributed by atoms with Crippen molar-refractivity contribution in [1.82, 2.24) is 16.0 Å². The summed E-state index contributed by atoms with van der Waals surface area (Å²) in [5.41, 5.74) is 2.24. The molecular weight excluding hydrogens is 356 g/mol. The first kappa shape index (κ1) is 19.8. The van der Waals surface area contributed by atoms with Crippen molar-refractivity contribution in [1.29, 1.82) is 0 Å². The normalized spacial score (nSPS) is 13.9. The largest absolute Gasteiger partial charge is 0.493 e. The molecule has 2 aromatic rings. The Morgan fingerprint density at radius 1 is 1.21 bits per heavy atom. The Balaban J connectivity index is 1.45. The molecule has 1 saturated carbocycles. The molecule has 0 atom stereocenters. The van der Waals surface area contributed by atoms with Crippen molar-refractivity contribution in [2.24, 2.45) is 10.9 Å². The van der Waals surface area contributed by atoms with Gasteiger partial charge in [0, 0.05) is 19.2 Å². The van der Waals surface area contributed by atoms with E-state index in [1.54, 1.807) is 19.4 Å². The third-order valence-corrected chi connectivity index (χ3v) is 4.52. The second-order valence-corrected chi connectivity index (χ2v) is 7.00. The first-order valence-corrected chi connectivity index (χ1v) is 9.60. The van der Waals surface area contributed by atoms with Gasteiger partial charge in [-0.3, -0.25) is 9.79 Å². The number of nitrogens with zero attached hydrogens (tertiary/aromatic N) is 1. The van der Waals surface area contributed by atoms with Crippen LogP contribution in [0.3, 0.4) is 0 Å². The quantitative estimate of drug-likeness (QED) is 0.456. The number of amides is 1. The van der Waals surface area contributed by atoms with Gasteiger partial charge in [0.05, 0.1) is 26.0 Å². The van der Waals surface area contributed by atoms with Gasteiger partial charge in [-0.15, -0.1) is 0 Å². The van der Waals surface area contributed by atoms with E-state index in [0.29, 0.717) is 30.7 Å². The third-order valence-electron chi connectivity index (χ3n) is 4.52. The van der Waals surface area contributed by atoms with E-state index in [1.165, 1.54) is 18.4 Å². The summed E-state index contributed by atoms with van der Waals surface area (Å²) in [5.74, 6) is 2.75. The lowest BCUT2D eigenvalue weighted by atomic mass is 10.1. The lowest BCUT2D eigenvalue weighted by Crippen LogP contribution is -2.42. The van der Waals surface area contributed by atoms with Gasteiger partial charge in [0.25, 0.3) is 0 Å². The predicted octanol–water partition coefficient (Wildman–Crippen LogP) is 2.36. The highest BCUT2D eigenvalue weighted by Crippen LogP contribution is 2.30. The number of aryl methyl sites for hydroxylation is 1. The van der Waals surface area contributed by atoms with E-state index in [9.17, 15) is 4.79 Å². The fraction of sp³-hybridized carbons (Fsp3) is 0.429. The maximum Gasteiger partial charge on any atom is 0.239 e. The highest BCUT2D eigenvalue weighted by Gasteiger charge is 2.22. The van der Waals surface area contributed by atoms with Gasteiger partial charge in [0.15, 0.2) is 5.96 Å². The minimum atomic E-state index is -0.136. The molecule has 3 rings (SSSR count). The van der Waals surface area contributed by atoms with E-state index < -0.39 is 0 Å². The summed E-state index contributed by atoms with van der Waals surface area (Å²) < 4.78 is 11.2. The van der Waals surface area contributed by atoms with Gasteiger partial charge in [-0.05, 0) is 49.4 Å². The Morgan fingerprint density at radius 3 is 2.79 bits per heavy atom. The molecule has 0 bridgehead atoms. The van der Waals surface area contributed by atoms with Crippen LogP contribution in [0.15, 0.2) is 46.0 Å². The number of furan rings is 1. The van der Waals surface area contributed by atoms with Crippen LogP contribution in [0.2, 0.25) is 0 Å². The molecule has 0 saturated heterocycles. The number of hydrogen-bond acceptors (Lipinski definition) is 4. The van der Waals surface area contributed by atoms with Gasteiger partial charge < -0.3 is 25.1 Å². The number of hydrogen-bond donors (Lipinski definition) is 3. The zero-order valence-corrected chi connectivity index (χ0v) is 16.5. The molecule has 1 fully saturated rings. The maximum absolute atomic E-state index is 12.0. The SMILES string of the molecule is CN=C(NCC(=O)NCc1ccco1)NCc1ccc(C)cc1OCC1CC1. The molecule has 0 unspecified atom stereocenters. The Kier molecular flexibility index (Phi) is 6.94. The van der Waals surface area contributed by atoms with Crippen molar-refractivity contribution < 1.29 is 13.9 Å². The summed E-state index contributed by atoms with van der Waals surface area (Å²) in [7, 11) is 1.68. The summed E-state index contributed by atoms with van der Waals surface area (Å²) >= 11 is 0. The molecule has 1 aliphatic rings. The average molecular weight is 384 g/mol. The van der Waals surface area contributed by atoms with Gasteiger partial charge in [0.2, 0.25) is 5.91 Å². The number of ether oxygens (including phenoxy) is 1. The van der Waals surface area contributed by atoms with Crippen molar-refractivity contribution in [3.8, 4) is 5.75 Å². The van der Waals surface area contributed by atoms with E-state index >= 15 is 0 Å². The van der Waals surface area contributed by atoms with Crippen molar-refractivity contribution in [3.05, 3.63) is 53.5 Å². The van der Waals surface area contributed by atoms with E-state index in [1.807, 2.05) is 6.07 Å². The van der Waals surface area contributed by atoms with Crippen LogP contribution in [0, 0.1) is 12.8 Å². The topological polar surface area (TPSA) is 87.9 Å². The molecule has 1 aliphatic carbocycles. The second-order valence-electron chi connectivity index (χ2n) is 7.00. The van der Waals surface area contributed by atoms with Crippen molar-refractivity contribution in [2.75, 3.05) is 20.2 Å². The molecule has 7 nitrogen and oxygen atoms in total. The zero-order chi connectivity index (χ0) is 19.8. The molecule has 150 valence electrons. The highest BCUT2D eigenvalue weighted by molar-refractivity contribution is 5.86. The summed E-state index contributed by atoms with van der Waals surface area (Å²) in [4.78, 5) is 16.1. The van der Waals surface area contributed by atoms with E-state index in [-0.39, 0.29) is 12.5 Å². The summed E-state index contributed by atoms with van der Waals surface area (Å²) in [6, 6.07) is 9.81. The molecule has 3 N–H and O–H groups in total. The Morgan fingerprint density at radius 2 is 2.07 bits per heavy atom. The standard InChI is InChI=1S/C21H28N4O3/c1-15-5-8-17(19(10-15)28-14-16-6-7-16)11-24-21(22-2)25-13-20(26)23-12-18-4-3-9-27-18/h3-5,8-10,16H,6-7,11-14H2,1-2H3,(H,23,26)(H2,22,24,25). The van der Waals surface area contributed by atoms with Crippen LogP contribution in [-0.4, -0.2) is 32.1 Å². The smallest absolute Gasteiger partial charge is 0.239 e. The molecule has 1 heterocycles. The molecule has 1 aromatic carbocycles. The molecule has 0 radical (unpaired) electrons. The highest BCUT2D eigenvalue weighted by atomic mass is 16.5. The fourth-order valence-corrected chi connectivity index (χ4v) is 2.66. The maximum atomic E-state index is 12.0. The van der Waals surface area contributed by atoms with E-state index in [2.05, 4.69) is 46.1 Å². The van der Waals surface area contributed by atoms with Crippen molar-refractivity contribution >= 4 is 11.9 Å². The lowest BCUT2D eigenvalue weighted by Gasteiger charge is -2.15. The minimum absolute atomic E-state index is 0.124. The molecule has 0 spiro atoms. The fourth-order valence-electron chi connectivity index (χ4n) is 2.66. The van der Waals surface area contributed by atoms with Crippen LogP contribution in [0.4, 0.5) is 0 Å². The minimum Gasteiger partial charge on any atom is -0.493 e. The van der Waals surface area contributed by atoms with Crippen LogP contribution in [0.25, 0.3) is 0 Å². The Hall–Kier alpha value is -2.96. The Labute approximate surface area is 165 Å². The molecule has 7 heteroatoms. The predicted molar refractivity (Wildman–Crippen MR) is 108 cm³/mol. The third kappa shape index (κ3) is 6.33. The van der Waals surface area contributed by atoms with Crippen molar-refractivity contribution in [2.45, 2.75) is 32.9 Å². The number of carbonyl (C=O) groups excluding carboxylic acids is 1. The number of aliphatic imine (C=N–C) groups is 1. The van der Waals surface area contributed by atoms with Crippen LogP contribution < -0.4 is 20.7 Å². The summed E-state index contributed by atoms with van der Waals surface area (Å²) in [5, 5.41) is 9.04. The number of rotatable bonds is 9. The summed E-state index contributed by atoms with van der Waals surface area (Å²) in [6.07, 6.45) is 4.11. The molecule has 1 aromatic heterocycles.